The molecule has 0 saturated heterocycles. The van der Waals surface area contributed by atoms with Crippen molar-refractivity contribution in [3.05, 3.63) is 0 Å². The van der Waals surface area contributed by atoms with Gasteiger partial charge < -0.3 is 15.4 Å². The Morgan fingerprint density at radius 1 is 1.33 bits per heavy atom. The third-order valence-electron chi connectivity index (χ3n) is 2.19. The Kier molecular flexibility index (Phi) is 8.33. The highest BCUT2D eigenvalue weighted by atomic mass is 16.5. The van der Waals surface area contributed by atoms with Gasteiger partial charge in [-0.2, -0.15) is 0 Å². The SMILES string of the molecule is CCOC(C)CNCC(=O)NC(C)CC. The fourth-order valence-corrected chi connectivity index (χ4v) is 1.16. The van der Waals surface area contributed by atoms with Crippen LogP contribution in [0.3, 0.4) is 0 Å². The minimum atomic E-state index is 0.0491. The lowest BCUT2D eigenvalue weighted by Gasteiger charge is -2.14. The highest BCUT2D eigenvalue weighted by molar-refractivity contribution is 5.78. The fourth-order valence-electron chi connectivity index (χ4n) is 1.16. The number of nitrogens with one attached hydrogen (secondary N) is 2. The van der Waals surface area contributed by atoms with Crippen LogP contribution in [0.15, 0.2) is 0 Å². The molecule has 0 fully saturated rings. The van der Waals surface area contributed by atoms with Crippen LogP contribution >= 0.6 is 0 Å². The zero-order valence-corrected chi connectivity index (χ0v) is 10.3. The van der Waals surface area contributed by atoms with E-state index in [-0.39, 0.29) is 18.1 Å². The Labute approximate surface area is 92.8 Å². The third-order valence-corrected chi connectivity index (χ3v) is 2.19. The summed E-state index contributed by atoms with van der Waals surface area (Å²) in [6, 6.07) is 0.253. The van der Waals surface area contributed by atoms with Gasteiger partial charge in [-0.15, -0.1) is 0 Å². The Hall–Kier alpha value is -0.610. The lowest BCUT2D eigenvalue weighted by Crippen LogP contribution is -2.40. The van der Waals surface area contributed by atoms with Gasteiger partial charge >= 0.3 is 0 Å². The lowest BCUT2D eigenvalue weighted by atomic mass is 10.2. The maximum absolute atomic E-state index is 11.3. The minimum Gasteiger partial charge on any atom is -0.377 e. The highest BCUT2D eigenvalue weighted by Gasteiger charge is 2.05. The smallest absolute Gasteiger partial charge is 0.234 e. The summed E-state index contributed by atoms with van der Waals surface area (Å²) in [6.07, 6.45) is 1.12. The van der Waals surface area contributed by atoms with Crippen molar-refractivity contribution >= 4 is 5.91 Å². The summed E-state index contributed by atoms with van der Waals surface area (Å²) in [4.78, 5) is 11.3. The molecule has 0 aliphatic heterocycles. The number of hydrogen-bond acceptors (Lipinski definition) is 3. The first-order valence-corrected chi connectivity index (χ1v) is 5.71. The number of carbonyl (C=O) groups excluding carboxylic acids is 1. The molecule has 0 aliphatic rings. The van der Waals surface area contributed by atoms with Crippen LogP contribution in [-0.2, 0) is 9.53 Å². The van der Waals surface area contributed by atoms with Gasteiger partial charge in [0.1, 0.15) is 0 Å². The first kappa shape index (κ1) is 14.4. The normalized spacial score (nSPS) is 14.7. The summed E-state index contributed by atoms with van der Waals surface area (Å²) < 4.78 is 5.33. The summed E-state index contributed by atoms with van der Waals surface area (Å²) in [7, 11) is 0. The molecule has 0 aromatic heterocycles. The number of hydrogen-bond donors (Lipinski definition) is 2. The topological polar surface area (TPSA) is 50.4 Å². The van der Waals surface area contributed by atoms with Crippen molar-refractivity contribution in [2.75, 3.05) is 19.7 Å². The first-order valence-electron chi connectivity index (χ1n) is 5.71. The molecule has 15 heavy (non-hydrogen) atoms. The molecule has 0 aliphatic carbocycles. The standard InChI is InChI=1S/C11H24N2O2/c1-5-9(3)13-11(14)8-12-7-10(4)15-6-2/h9-10,12H,5-8H2,1-4H3,(H,13,14). The van der Waals surface area contributed by atoms with Gasteiger partial charge in [-0.1, -0.05) is 6.92 Å². The van der Waals surface area contributed by atoms with Gasteiger partial charge in [0.05, 0.1) is 12.6 Å². The minimum absolute atomic E-state index is 0.0491. The molecule has 0 spiro atoms. The van der Waals surface area contributed by atoms with E-state index in [0.29, 0.717) is 19.7 Å². The molecule has 0 radical (unpaired) electrons. The van der Waals surface area contributed by atoms with Gasteiger partial charge in [-0.05, 0) is 27.2 Å². The predicted molar refractivity (Wildman–Crippen MR) is 61.9 cm³/mol. The average molecular weight is 216 g/mol. The molecule has 4 nitrogen and oxygen atoms in total. The first-order chi connectivity index (χ1) is 7.10. The van der Waals surface area contributed by atoms with Crippen LogP contribution in [0.1, 0.15) is 34.1 Å². The Balaban J connectivity index is 3.46. The number of rotatable bonds is 8. The molecule has 0 rings (SSSR count). The van der Waals surface area contributed by atoms with Crippen LogP contribution in [-0.4, -0.2) is 37.7 Å². The van der Waals surface area contributed by atoms with E-state index in [4.69, 9.17) is 4.74 Å². The zero-order chi connectivity index (χ0) is 11.7. The largest absolute Gasteiger partial charge is 0.377 e. The van der Waals surface area contributed by atoms with Gasteiger partial charge in [-0.3, -0.25) is 4.79 Å². The summed E-state index contributed by atoms with van der Waals surface area (Å²) in [5, 5.41) is 5.96. The van der Waals surface area contributed by atoms with Crippen molar-refractivity contribution < 1.29 is 9.53 Å². The maximum atomic E-state index is 11.3. The van der Waals surface area contributed by atoms with Crippen LogP contribution < -0.4 is 10.6 Å². The quantitative estimate of drug-likeness (QED) is 0.634. The summed E-state index contributed by atoms with van der Waals surface area (Å²) in [6.45, 7) is 9.79. The number of carbonyl (C=O) groups is 1. The second-order valence-corrected chi connectivity index (χ2v) is 3.77. The number of ether oxygens (including phenoxy) is 1. The molecule has 0 heterocycles. The Bertz CT molecular complexity index is 174. The van der Waals surface area contributed by atoms with E-state index in [9.17, 15) is 4.79 Å². The highest BCUT2D eigenvalue weighted by Crippen LogP contribution is 1.88. The zero-order valence-electron chi connectivity index (χ0n) is 10.3. The lowest BCUT2D eigenvalue weighted by molar-refractivity contribution is -0.120. The molecule has 2 unspecified atom stereocenters. The van der Waals surface area contributed by atoms with Crippen molar-refractivity contribution in [2.24, 2.45) is 0 Å². The summed E-state index contributed by atoms with van der Waals surface area (Å²) >= 11 is 0. The predicted octanol–water partition coefficient (Wildman–Crippen LogP) is 0.916. The fraction of sp³-hybridized carbons (Fsp3) is 0.909. The van der Waals surface area contributed by atoms with Gasteiger partial charge in [0.25, 0.3) is 0 Å². The van der Waals surface area contributed by atoms with Crippen LogP contribution in [0.5, 0.6) is 0 Å². The van der Waals surface area contributed by atoms with E-state index in [1.165, 1.54) is 0 Å². The molecule has 90 valence electrons. The van der Waals surface area contributed by atoms with E-state index < -0.39 is 0 Å². The van der Waals surface area contributed by atoms with Crippen molar-refractivity contribution in [1.82, 2.24) is 10.6 Å². The molecule has 2 N–H and O–H groups in total. The Morgan fingerprint density at radius 3 is 2.53 bits per heavy atom. The van der Waals surface area contributed by atoms with Gasteiger partial charge in [0.2, 0.25) is 5.91 Å². The third kappa shape index (κ3) is 8.39. The van der Waals surface area contributed by atoms with Crippen LogP contribution in [0, 0.1) is 0 Å². The second-order valence-electron chi connectivity index (χ2n) is 3.77. The van der Waals surface area contributed by atoms with Crippen LogP contribution in [0.2, 0.25) is 0 Å². The van der Waals surface area contributed by atoms with E-state index in [0.717, 1.165) is 6.42 Å². The molecule has 0 bridgehead atoms. The monoisotopic (exact) mass is 216 g/mol. The van der Waals surface area contributed by atoms with E-state index in [2.05, 4.69) is 17.6 Å². The van der Waals surface area contributed by atoms with E-state index in [1.807, 2.05) is 20.8 Å². The van der Waals surface area contributed by atoms with Crippen LogP contribution in [0.25, 0.3) is 0 Å². The van der Waals surface area contributed by atoms with Gasteiger partial charge in [0, 0.05) is 19.2 Å². The average Bonchev–Trinajstić information content (AvgIpc) is 2.18. The molecule has 0 aromatic rings. The van der Waals surface area contributed by atoms with Crippen molar-refractivity contribution in [2.45, 2.75) is 46.3 Å². The molecular formula is C11H24N2O2. The number of amides is 1. The summed E-state index contributed by atoms with van der Waals surface area (Å²) in [5.74, 6) is 0.0491. The molecule has 2 atom stereocenters. The van der Waals surface area contributed by atoms with Crippen molar-refractivity contribution in [3.63, 3.8) is 0 Å². The van der Waals surface area contributed by atoms with E-state index >= 15 is 0 Å². The van der Waals surface area contributed by atoms with E-state index in [1.54, 1.807) is 0 Å². The van der Waals surface area contributed by atoms with Crippen molar-refractivity contribution in [1.29, 1.82) is 0 Å². The molecule has 0 saturated carbocycles. The van der Waals surface area contributed by atoms with Crippen molar-refractivity contribution in [3.8, 4) is 0 Å². The molecular weight excluding hydrogens is 192 g/mol. The van der Waals surface area contributed by atoms with Gasteiger partial charge in [0.15, 0.2) is 0 Å². The molecule has 0 aromatic carbocycles. The summed E-state index contributed by atoms with van der Waals surface area (Å²) in [5.41, 5.74) is 0. The molecule has 1 amide bonds. The van der Waals surface area contributed by atoms with Crippen LogP contribution in [0.4, 0.5) is 0 Å². The second kappa shape index (κ2) is 8.68. The van der Waals surface area contributed by atoms with Gasteiger partial charge in [-0.25, -0.2) is 0 Å². The maximum Gasteiger partial charge on any atom is 0.234 e. The Morgan fingerprint density at radius 2 is 2.00 bits per heavy atom. The molecule has 4 heteroatoms.